The van der Waals surface area contributed by atoms with Crippen molar-refractivity contribution in [3.05, 3.63) is 0 Å². The van der Waals surface area contributed by atoms with Crippen molar-refractivity contribution in [3.63, 3.8) is 0 Å². The van der Waals surface area contributed by atoms with Gasteiger partial charge < -0.3 is 10.5 Å². The van der Waals surface area contributed by atoms with Crippen molar-refractivity contribution in [3.8, 4) is 0 Å². The van der Waals surface area contributed by atoms with Crippen molar-refractivity contribution in [1.29, 1.82) is 0 Å². The lowest BCUT2D eigenvalue weighted by Crippen LogP contribution is -2.51. The van der Waals surface area contributed by atoms with Gasteiger partial charge in [-0.25, -0.2) is 0 Å². The van der Waals surface area contributed by atoms with Crippen LogP contribution in [0, 0.1) is 5.92 Å². The van der Waals surface area contributed by atoms with Gasteiger partial charge in [0.05, 0.1) is 18.2 Å². The Labute approximate surface area is 113 Å². The number of rotatable bonds is 4. The van der Waals surface area contributed by atoms with Crippen molar-refractivity contribution < 1.29 is 13.2 Å². The minimum atomic E-state index is -3.45. The van der Waals surface area contributed by atoms with E-state index in [2.05, 4.69) is 4.72 Å². The summed E-state index contributed by atoms with van der Waals surface area (Å²) in [6.07, 6.45) is 2.62. The summed E-state index contributed by atoms with van der Waals surface area (Å²) < 4.78 is 33.7. The van der Waals surface area contributed by atoms with Crippen LogP contribution in [-0.4, -0.2) is 50.1 Å². The molecule has 2 aliphatic rings. The van der Waals surface area contributed by atoms with Crippen molar-refractivity contribution in [2.45, 2.75) is 25.3 Å². The average molecular weight is 293 g/mol. The topological polar surface area (TPSA) is 84.7 Å². The van der Waals surface area contributed by atoms with E-state index in [0.717, 1.165) is 19.3 Å². The van der Waals surface area contributed by atoms with Gasteiger partial charge in [0.1, 0.15) is 0 Å². The molecule has 1 aliphatic heterocycles. The van der Waals surface area contributed by atoms with E-state index < -0.39 is 10.2 Å². The summed E-state index contributed by atoms with van der Waals surface area (Å²) in [5.41, 5.74) is 5.65. The largest absolute Gasteiger partial charge is 0.393 e. The van der Waals surface area contributed by atoms with E-state index in [-0.39, 0.29) is 12.0 Å². The van der Waals surface area contributed by atoms with Crippen LogP contribution in [0.5, 0.6) is 0 Å². The molecule has 1 aliphatic carbocycles. The third-order valence-corrected chi connectivity index (χ3v) is 5.44. The van der Waals surface area contributed by atoms with Crippen molar-refractivity contribution in [2.24, 2.45) is 11.7 Å². The third-order valence-electron chi connectivity index (χ3n) is 3.49. The van der Waals surface area contributed by atoms with Gasteiger partial charge in [-0.1, -0.05) is 18.6 Å². The second-order valence-corrected chi connectivity index (χ2v) is 6.85. The molecule has 6 nitrogen and oxygen atoms in total. The van der Waals surface area contributed by atoms with Crippen LogP contribution >= 0.6 is 12.2 Å². The zero-order chi connectivity index (χ0) is 13.2. The molecule has 1 saturated carbocycles. The quantitative estimate of drug-likeness (QED) is 0.690. The number of hydrogen-bond donors (Lipinski definition) is 2. The van der Waals surface area contributed by atoms with Gasteiger partial charge in [-0.05, 0) is 12.8 Å². The van der Waals surface area contributed by atoms with Crippen LogP contribution in [0.15, 0.2) is 0 Å². The van der Waals surface area contributed by atoms with Crippen molar-refractivity contribution in [1.82, 2.24) is 9.03 Å². The summed E-state index contributed by atoms with van der Waals surface area (Å²) in [4.78, 5) is 0.405. The van der Waals surface area contributed by atoms with E-state index in [0.29, 0.717) is 31.3 Å². The second kappa shape index (κ2) is 5.79. The monoisotopic (exact) mass is 293 g/mol. The molecule has 0 bridgehead atoms. The number of thiocarbonyl (C=S) groups is 1. The molecule has 2 atom stereocenters. The zero-order valence-corrected chi connectivity index (χ0v) is 11.8. The fourth-order valence-corrected chi connectivity index (χ4v) is 4.22. The molecule has 0 radical (unpaired) electrons. The fourth-order valence-electron chi connectivity index (χ4n) is 2.49. The Morgan fingerprint density at radius 2 is 2.00 bits per heavy atom. The van der Waals surface area contributed by atoms with E-state index in [4.69, 9.17) is 22.7 Å². The molecule has 104 valence electrons. The Bertz CT molecular complexity index is 407. The maximum Gasteiger partial charge on any atom is 0.279 e. The van der Waals surface area contributed by atoms with E-state index in [9.17, 15) is 8.42 Å². The normalized spacial score (nSPS) is 30.4. The molecule has 0 aromatic carbocycles. The molecule has 8 heteroatoms. The van der Waals surface area contributed by atoms with Gasteiger partial charge in [-0.2, -0.15) is 17.4 Å². The maximum absolute atomic E-state index is 12.2. The van der Waals surface area contributed by atoms with E-state index >= 15 is 0 Å². The van der Waals surface area contributed by atoms with E-state index in [1.807, 2.05) is 0 Å². The van der Waals surface area contributed by atoms with Crippen molar-refractivity contribution >= 4 is 27.4 Å². The minimum absolute atomic E-state index is 0.0178. The molecular weight excluding hydrogens is 274 g/mol. The van der Waals surface area contributed by atoms with Crippen LogP contribution in [0.2, 0.25) is 0 Å². The average Bonchev–Trinajstić information content (AvgIpc) is 2.78. The van der Waals surface area contributed by atoms with Gasteiger partial charge in [-0.3, -0.25) is 0 Å². The second-order valence-electron chi connectivity index (χ2n) is 4.68. The van der Waals surface area contributed by atoms with Gasteiger partial charge >= 0.3 is 0 Å². The Kier molecular flexibility index (Phi) is 4.54. The van der Waals surface area contributed by atoms with Gasteiger partial charge in [0.2, 0.25) is 0 Å². The number of hydrogen-bond acceptors (Lipinski definition) is 4. The van der Waals surface area contributed by atoms with Crippen LogP contribution in [0.3, 0.4) is 0 Å². The summed E-state index contributed by atoms with van der Waals surface area (Å²) in [7, 11) is -3.45. The maximum atomic E-state index is 12.2. The Morgan fingerprint density at radius 3 is 2.61 bits per heavy atom. The fraction of sp³-hybridized carbons (Fsp3) is 0.900. The van der Waals surface area contributed by atoms with Gasteiger partial charge in [0, 0.05) is 25.0 Å². The van der Waals surface area contributed by atoms with Crippen LogP contribution < -0.4 is 10.5 Å². The molecule has 2 unspecified atom stereocenters. The predicted molar refractivity (Wildman–Crippen MR) is 72.4 cm³/mol. The molecule has 0 aromatic heterocycles. The molecule has 2 rings (SSSR count). The molecule has 2 fully saturated rings. The van der Waals surface area contributed by atoms with Crippen LogP contribution in [0.25, 0.3) is 0 Å². The molecule has 1 heterocycles. The Balaban J connectivity index is 2.00. The highest BCUT2D eigenvalue weighted by Gasteiger charge is 2.34. The molecule has 0 aromatic rings. The van der Waals surface area contributed by atoms with Crippen LogP contribution in [-0.2, 0) is 14.9 Å². The Morgan fingerprint density at radius 1 is 1.33 bits per heavy atom. The lowest BCUT2D eigenvalue weighted by Gasteiger charge is -2.29. The molecule has 3 N–H and O–H groups in total. The summed E-state index contributed by atoms with van der Waals surface area (Å²) in [6.45, 7) is 1.70. The summed E-state index contributed by atoms with van der Waals surface area (Å²) in [5, 5.41) is 0. The molecule has 0 amide bonds. The molecular formula is C10H19N3O3S2. The van der Waals surface area contributed by atoms with Crippen molar-refractivity contribution in [2.75, 3.05) is 26.3 Å². The first kappa shape index (κ1) is 14.1. The predicted octanol–water partition coefficient (Wildman–Crippen LogP) is -0.392. The zero-order valence-electron chi connectivity index (χ0n) is 10.2. The Hall–Kier alpha value is -0.280. The molecule has 18 heavy (non-hydrogen) atoms. The highest BCUT2D eigenvalue weighted by atomic mass is 32.2. The highest BCUT2D eigenvalue weighted by Crippen LogP contribution is 2.26. The number of morpholine rings is 1. The first-order valence-corrected chi connectivity index (χ1v) is 8.00. The summed E-state index contributed by atoms with van der Waals surface area (Å²) in [6, 6.07) is -0.157. The number of nitrogens with zero attached hydrogens (tertiary/aromatic N) is 1. The first-order valence-electron chi connectivity index (χ1n) is 6.15. The lowest BCUT2D eigenvalue weighted by molar-refractivity contribution is 0.0723. The number of nitrogens with one attached hydrogen (secondary N) is 1. The lowest BCUT2D eigenvalue weighted by atomic mass is 10.1. The van der Waals surface area contributed by atoms with E-state index in [1.54, 1.807) is 0 Å². The van der Waals surface area contributed by atoms with E-state index in [1.165, 1.54) is 4.31 Å². The van der Waals surface area contributed by atoms with Crippen LogP contribution in [0.1, 0.15) is 19.3 Å². The smallest absolute Gasteiger partial charge is 0.279 e. The van der Waals surface area contributed by atoms with Crippen LogP contribution in [0.4, 0.5) is 0 Å². The van der Waals surface area contributed by atoms with Gasteiger partial charge in [0.25, 0.3) is 10.2 Å². The molecule has 0 spiro atoms. The summed E-state index contributed by atoms with van der Waals surface area (Å²) in [5.74, 6) is -0.0178. The number of nitrogens with two attached hydrogens (primary N) is 1. The van der Waals surface area contributed by atoms with Gasteiger partial charge in [0.15, 0.2) is 0 Å². The minimum Gasteiger partial charge on any atom is -0.393 e. The number of ether oxygens (including phenoxy) is 1. The first-order chi connectivity index (χ1) is 8.50. The SMILES string of the molecule is NC(=S)C1CCCC1NS(=O)(=O)N1CCOCC1. The third kappa shape index (κ3) is 3.18. The highest BCUT2D eigenvalue weighted by molar-refractivity contribution is 7.87. The standard InChI is InChI=1S/C10H19N3O3S2/c11-10(17)8-2-1-3-9(8)12-18(14,15)13-4-6-16-7-5-13/h8-9,12H,1-7H2,(H2,11,17). The molecule has 1 saturated heterocycles. The summed E-state index contributed by atoms with van der Waals surface area (Å²) >= 11 is 4.99. The van der Waals surface area contributed by atoms with Gasteiger partial charge in [-0.15, -0.1) is 0 Å².